The van der Waals surface area contributed by atoms with Crippen molar-refractivity contribution in [2.75, 3.05) is 23.7 Å². The van der Waals surface area contributed by atoms with Gasteiger partial charge in [-0.3, -0.25) is 13.9 Å². The molecule has 0 heterocycles. The van der Waals surface area contributed by atoms with Gasteiger partial charge in [0.15, 0.2) is 0 Å². The predicted octanol–water partition coefficient (Wildman–Crippen LogP) is 5.39. The van der Waals surface area contributed by atoms with Crippen molar-refractivity contribution < 1.29 is 18.0 Å². The number of hydrogen-bond donors (Lipinski definition) is 1. The van der Waals surface area contributed by atoms with Crippen LogP contribution in [-0.4, -0.2) is 50.5 Å². The number of hydrogen-bond acceptors (Lipinski definition) is 4. The van der Waals surface area contributed by atoms with E-state index < -0.39 is 28.5 Å². The molecule has 0 bridgehead atoms. The van der Waals surface area contributed by atoms with E-state index in [2.05, 4.69) is 26.1 Å². The number of benzene rings is 2. The van der Waals surface area contributed by atoms with Crippen LogP contribution in [0.4, 0.5) is 5.69 Å². The van der Waals surface area contributed by atoms with Gasteiger partial charge in [-0.05, 0) is 48.6 Å². The molecule has 0 aliphatic rings. The summed E-state index contributed by atoms with van der Waals surface area (Å²) in [7, 11) is -3.81. The summed E-state index contributed by atoms with van der Waals surface area (Å²) in [5.41, 5.74) is 1.76. The zero-order valence-corrected chi connectivity index (χ0v) is 24.7. The lowest BCUT2D eigenvalue weighted by Gasteiger charge is -2.32. The Hall–Kier alpha value is -2.29. The summed E-state index contributed by atoms with van der Waals surface area (Å²) in [6.45, 7) is 9.73. The van der Waals surface area contributed by atoms with Crippen LogP contribution in [0.25, 0.3) is 0 Å². The van der Waals surface area contributed by atoms with E-state index in [1.54, 1.807) is 37.3 Å². The van der Waals surface area contributed by atoms with Crippen molar-refractivity contribution in [1.29, 1.82) is 0 Å². The molecule has 1 N–H and O–H groups in total. The number of halogens is 2. The molecule has 0 radical (unpaired) electrons. The van der Waals surface area contributed by atoms with E-state index in [0.717, 1.165) is 29.0 Å². The third kappa shape index (κ3) is 8.62. The molecule has 2 aromatic rings. The fourth-order valence-electron chi connectivity index (χ4n) is 3.71. The molecule has 0 saturated carbocycles. The van der Waals surface area contributed by atoms with Gasteiger partial charge in [0.05, 0.1) is 11.9 Å². The Morgan fingerprint density at radius 3 is 2.08 bits per heavy atom. The largest absolute Gasteiger partial charge is 0.354 e. The number of nitrogens with zero attached hydrogens (tertiary/aromatic N) is 2. The topological polar surface area (TPSA) is 86.8 Å². The standard InChI is InChI=1S/C27H37Cl2N3O4S/c1-7-8-16-30-26(34)19(2)31(17-22-23(28)10-9-11-24(22)29)25(33)18-32(37(6,35)36)21-14-12-20(13-15-21)27(3,4)5/h9-15,19H,7-8,16-18H2,1-6H3,(H,30,34). The van der Waals surface area contributed by atoms with Crippen LogP contribution in [-0.2, 0) is 31.6 Å². The van der Waals surface area contributed by atoms with Crippen LogP contribution in [0.3, 0.4) is 0 Å². The molecule has 0 aromatic heterocycles. The SMILES string of the molecule is CCCCNC(=O)C(C)N(Cc1c(Cl)cccc1Cl)C(=O)CN(c1ccc(C(C)(C)C)cc1)S(C)(=O)=O. The number of carbonyl (C=O) groups is 2. The van der Waals surface area contributed by atoms with E-state index >= 15 is 0 Å². The van der Waals surface area contributed by atoms with Crippen LogP contribution in [0.1, 0.15) is 58.6 Å². The average molecular weight is 571 g/mol. The summed E-state index contributed by atoms with van der Waals surface area (Å²) in [6, 6.07) is 11.2. The maximum absolute atomic E-state index is 13.7. The summed E-state index contributed by atoms with van der Waals surface area (Å²) in [5.74, 6) is -0.898. The van der Waals surface area contributed by atoms with Crippen LogP contribution < -0.4 is 9.62 Å². The molecule has 0 saturated heterocycles. The number of unbranched alkanes of at least 4 members (excludes halogenated alkanes) is 1. The van der Waals surface area contributed by atoms with E-state index in [0.29, 0.717) is 27.8 Å². The van der Waals surface area contributed by atoms with Gasteiger partial charge in [0, 0.05) is 28.7 Å². The molecule has 204 valence electrons. The number of sulfonamides is 1. The number of rotatable bonds is 11. The van der Waals surface area contributed by atoms with Crippen molar-refractivity contribution in [2.45, 2.75) is 65.5 Å². The Labute approximate surface area is 231 Å². The highest BCUT2D eigenvalue weighted by atomic mass is 35.5. The van der Waals surface area contributed by atoms with E-state index in [1.165, 1.54) is 4.90 Å². The van der Waals surface area contributed by atoms with Gasteiger partial charge in [-0.1, -0.05) is 75.5 Å². The van der Waals surface area contributed by atoms with E-state index in [-0.39, 0.29) is 17.9 Å². The quantitative estimate of drug-likeness (QED) is 0.367. The zero-order valence-electron chi connectivity index (χ0n) is 22.3. The molecular weight excluding hydrogens is 533 g/mol. The predicted molar refractivity (Wildman–Crippen MR) is 152 cm³/mol. The molecule has 0 fully saturated rings. The number of nitrogens with one attached hydrogen (secondary N) is 1. The second-order valence-electron chi connectivity index (χ2n) is 10.1. The maximum atomic E-state index is 13.7. The molecule has 2 aromatic carbocycles. The van der Waals surface area contributed by atoms with Crippen LogP contribution in [0.2, 0.25) is 10.0 Å². The second-order valence-corrected chi connectivity index (χ2v) is 12.8. The molecule has 1 atom stereocenters. The fourth-order valence-corrected chi connectivity index (χ4v) is 5.08. The van der Waals surface area contributed by atoms with Crippen molar-refractivity contribution in [2.24, 2.45) is 0 Å². The summed E-state index contributed by atoms with van der Waals surface area (Å²) in [6.07, 6.45) is 2.76. The van der Waals surface area contributed by atoms with Gasteiger partial charge < -0.3 is 10.2 Å². The highest BCUT2D eigenvalue weighted by Gasteiger charge is 2.31. The normalized spacial score (nSPS) is 12.6. The van der Waals surface area contributed by atoms with Crippen LogP contribution in [0.5, 0.6) is 0 Å². The first kappa shape index (κ1) is 30.9. The van der Waals surface area contributed by atoms with E-state index in [1.807, 2.05) is 19.1 Å². The van der Waals surface area contributed by atoms with E-state index in [9.17, 15) is 18.0 Å². The minimum Gasteiger partial charge on any atom is -0.354 e. The average Bonchev–Trinajstić information content (AvgIpc) is 2.80. The smallest absolute Gasteiger partial charge is 0.244 e. The lowest BCUT2D eigenvalue weighted by atomic mass is 9.87. The maximum Gasteiger partial charge on any atom is 0.244 e. The molecule has 10 heteroatoms. The van der Waals surface area contributed by atoms with Crippen molar-refractivity contribution in [1.82, 2.24) is 10.2 Å². The monoisotopic (exact) mass is 569 g/mol. The highest BCUT2D eigenvalue weighted by Crippen LogP contribution is 2.28. The van der Waals surface area contributed by atoms with Gasteiger partial charge in [-0.25, -0.2) is 8.42 Å². The van der Waals surface area contributed by atoms with Gasteiger partial charge in [-0.15, -0.1) is 0 Å². The zero-order chi connectivity index (χ0) is 28.0. The Balaban J connectivity index is 2.42. The summed E-state index contributed by atoms with van der Waals surface area (Å²) in [5, 5.41) is 3.54. The summed E-state index contributed by atoms with van der Waals surface area (Å²) < 4.78 is 26.5. The molecule has 7 nitrogen and oxygen atoms in total. The van der Waals surface area contributed by atoms with Crippen molar-refractivity contribution in [3.8, 4) is 0 Å². The number of carbonyl (C=O) groups excluding carboxylic acids is 2. The highest BCUT2D eigenvalue weighted by molar-refractivity contribution is 7.92. The number of amides is 2. The van der Waals surface area contributed by atoms with Crippen LogP contribution >= 0.6 is 23.2 Å². The van der Waals surface area contributed by atoms with Gasteiger partial charge >= 0.3 is 0 Å². The lowest BCUT2D eigenvalue weighted by molar-refractivity contribution is -0.139. The first-order chi connectivity index (χ1) is 17.2. The van der Waals surface area contributed by atoms with Crippen LogP contribution in [0, 0.1) is 0 Å². The molecule has 0 spiro atoms. The molecule has 2 rings (SSSR count). The van der Waals surface area contributed by atoms with Gasteiger partial charge in [0.25, 0.3) is 0 Å². The Morgan fingerprint density at radius 2 is 1.59 bits per heavy atom. The Kier molecular flexibility index (Phi) is 10.9. The van der Waals surface area contributed by atoms with Gasteiger partial charge in [-0.2, -0.15) is 0 Å². The third-order valence-corrected chi connectivity index (χ3v) is 7.94. The summed E-state index contributed by atoms with van der Waals surface area (Å²) in [4.78, 5) is 27.9. The molecule has 37 heavy (non-hydrogen) atoms. The lowest BCUT2D eigenvalue weighted by Crippen LogP contribution is -2.51. The Bertz CT molecular complexity index is 1170. The minimum atomic E-state index is -3.81. The minimum absolute atomic E-state index is 0.0553. The Morgan fingerprint density at radius 1 is 1.03 bits per heavy atom. The summed E-state index contributed by atoms with van der Waals surface area (Å²) >= 11 is 12.7. The van der Waals surface area contributed by atoms with E-state index in [4.69, 9.17) is 23.2 Å². The van der Waals surface area contributed by atoms with Crippen molar-refractivity contribution in [3.63, 3.8) is 0 Å². The molecule has 0 aliphatic heterocycles. The first-order valence-electron chi connectivity index (χ1n) is 12.2. The van der Waals surface area contributed by atoms with Gasteiger partial charge in [0.2, 0.25) is 21.8 Å². The fraction of sp³-hybridized carbons (Fsp3) is 0.481. The molecule has 1 unspecified atom stereocenters. The van der Waals surface area contributed by atoms with Crippen LogP contribution in [0.15, 0.2) is 42.5 Å². The molecule has 2 amide bonds. The molecule has 0 aliphatic carbocycles. The van der Waals surface area contributed by atoms with Crippen molar-refractivity contribution >= 4 is 50.7 Å². The number of anilines is 1. The first-order valence-corrected chi connectivity index (χ1v) is 14.9. The molecular formula is C27H37Cl2N3O4S. The third-order valence-electron chi connectivity index (χ3n) is 6.09. The van der Waals surface area contributed by atoms with Crippen molar-refractivity contribution in [3.05, 3.63) is 63.6 Å². The second kappa shape index (κ2) is 13.0. The van der Waals surface area contributed by atoms with Gasteiger partial charge in [0.1, 0.15) is 12.6 Å².